The largest absolute Gasteiger partial charge is 0.0913 e. The Morgan fingerprint density at radius 3 is 2.79 bits per heavy atom. The van der Waals surface area contributed by atoms with E-state index < -0.39 is 0 Å². The van der Waals surface area contributed by atoms with Crippen molar-refractivity contribution in [3.8, 4) is 0 Å². The summed E-state index contributed by atoms with van der Waals surface area (Å²) in [6.07, 6.45) is 6.62. The van der Waals surface area contributed by atoms with Crippen molar-refractivity contribution in [2.75, 3.05) is 0 Å². The van der Waals surface area contributed by atoms with Crippen molar-refractivity contribution in [2.45, 2.75) is 26.7 Å². The summed E-state index contributed by atoms with van der Waals surface area (Å²) < 4.78 is 0. The van der Waals surface area contributed by atoms with Gasteiger partial charge in [0.25, 0.3) is 0 Å². The minimum atomic E-state index is 1.11. The van der Waals surface area contributed by atoms with Gasteiger partial charge in [-0.15, -0.1) is 0 Å². The molecule has 0 aliphatic heterocycles. The van der Waals surface area contributed by atoms with E-state index in [9.17, 15) is 0 Å². The zero-order chi connectivity index (χ0) is 9.97. The molecule has 72 valence electrons. The standard InChI is InChI=1S/C14H16/c1-3-4-7-12-10-13-8-5-6-9-14(13)11(12)2/h3-6,8-9H,7,10H2,1-2H3/b4-3+. The molecule has 1 aliphatic carbocycles. The van der Waals surface area contributed by atoms with E-state index in [2.05, 4.69) is 50.3 Å². The topological polar surface area (TPSA) is 0 Å². The molecule has 0 heteroatoms. The third kappa shape index (κ3) is 1.52. The monoisotopic (exact) mass is 184 g/mol. The maximum Gasteiger partial charge on any atom is -0.00520 e. The fraction of sp³-hybridized carbons (Fsp3) is 0.286. The van der Waals surface area contributed by atoms with Gasteiger partial charge in [-0.05, 0) is 43.4 Å². The van der Waals surface area contributed by atoms with E-state index >= 15 is 0 Å². The highest BCUT2D eigenvalue weighted by Crippen LogP contribution is 2.33. The summed E-state index contributed by atoms with van der Waals surface area (Å²) >= 11 is 0. The van der Waals surface area contributed by atoms with Crippen LogP contribution in [0.5, 0.6) is 0 Å². The summed E-state index contributed by atoms with van der Waals surface area (Å²) in [5.41, 5.74) is 6.00. The summed E-state index contributed by atoms with van der Waals surface area (Å²) in [5, 5.41) is 0. The molecule has 0 atom stereocenters. The van der Waals surface area contributed by atoms with Gasteiger partial charge in [0.1, 0.15) is 0 Å². The zero-order valence-electron chi connectivity index (χ0n) is 8.88. The number of rotatable bonds is 2. The first kappa shape index (κ1) is 9.26. The normalized spacial score (nSPS) is 15.3. The first-order chi connectivity index (χ1) is 6.83. The van der Waals surface area contributed by atoms with E-state index in [1.54, 1.807) is 5.57 Å². The van der Waals surface area contributed by atoms with E-state index in [4.69, 9.17) is 0 Å². The van der Waals surface area contributed by atoms with Crippen molar-refractivity contribution in [1.29, 1.82) is 0 Å². The molecule has 1 aromatic carbocycles. The van der Waals surface area contributed by atoms with Gasteiger partial charge < -0.3 is 0 Å². The minimum absolute atomic E-state index is 1.11. The highest BCUT2D eigenvalue weighted by atomic mass is 14.2. The molecule has 1 aliphatic rings. The molecule has 0 amide bonds. The molecule has 0 aromatic heterocycles. The Morgan fingerprint density at radius 1 is 1.29 bits per heavy atom. The van der Waals surface area contributed by atoms with Crippen LogP contribution in [0.1, 0.15) is 31.4 Å². The van der Waals surface area contributed by atoms with Crippen molar-refractivity contribution in [1.82, 2.24) is 0 Å². The molecule has 2 rings (SSSR count). The Kier molecular flexibility index (Phi) is 2.53. The molecule has 0 nitrogen and oxygen atoms in total. The first-order valence-corrected chi connectivity index (χ1v) is 5.21. The van der Waals surface area contributed by atoms with E-state index in [0.29, 0.717) is 0 Å². The molecule has 0 radical (unpaired) electrons. The highest BCUT2D eigenvalue weighted by molar-refractivity contribution is 5.75. The SMILES string of the molecule is C/C=C/CC1=C(C)c2ccccc2C1. The summed E-state index contributed by atoms with van der Waals surface area (Å²) in [6.45, 7) is 4.32. The van der Waals surface area contributed by atoms with Gasteiger partial charge in [0.2, 0.25) is 0 Å². The Hall–Kier alpha value is -1.30. The molecule has 0 unspecified atom stereocenters. The van der Waals surface area contributed by atoms with Crippen molar-refractivity contribution in [3.63, 3.8) is 0 Å². The van der Waals surface area contributed by atoms with Gasteiger partial charge in [0.05, 0.1) is 0 Å². The molecule has 0 N–H and O–H groups in total. The van der Waals surface area contributed by atoms with Crippen LogP contribution in [-0.2, 0) is 6.42 Å². The lowest BCUT2D eigenvalue weighted by Gasteiger charge is -1.98. The van der Waals surface area contributed by atoms with Crippen LogP contribution in [0.15, 0.2) is 42.0 Å². The smallest absolute Gasteiger partial charge is 0.00520 e. The van der Waals surface area contributed by atoms with Crippen molar-refractivity contribution >= 4 is 5.57 Å². The molecule has 0 spiro atoms. The fourth-order valence-corrected chi connectivity index (χ4v) is 2.08. The van der Waals surface area contributed by atoms with E-state index in [-0.39, 0.29) is 0 Å². The molecule has 1 aromatic rings. The Labute approximate surface area is 86.0 Å². The zero-order valence-corrected chi connectivity index (χ0v) is 8.88. The van der Waals surface area contributed by atoms with Gasteiger partial charge in [0.15, 0.2) is 0 Å². The second kappa shape index (κ2) is 3.83. The average molecular weight is 184 g/mol. The molecule has 0 saturated carbocycles. The molecular weight excluding hydrogens is 168 g/mol. The molecular formula is C14H16. The highest BCUT2D eigenvalue weighted by Gasteiger charge is 2.15. The number of fused-ring (bicyclic) bond motifs is 1. The van der Waals surface area contributed by atoms with Gasteiger partial charge in [-0.25, -0.2) is 0 Å². The lowest BCUT2D eigenvalue weighted by Crippen LogP contribution is -1.82. The van der Waals surface area contributed by atoms with Crippen LogP contribution in [0.4, 0.5) is 0 Å². The van der Waals surface area contributed by atoms with Crippen LogP contribution >= 0.6 is 0 Å². The Balaban J connectivity index is 2.30. The van der Waals surface area contributed by atoms with Crippen LogP contribution in [0.2, 0.25) is 0 Å². The average Bonchev–Trinajstić information content (AvgIpc) is 2.54. The van der Waals surface area contributed by atoms with Gasteiger partial charge in [0, 0.05) is 0 Å². The van der Waals surface area contributed by atoms with Crippen molar-refractivity contribution in [2.24, 2.45) is 0 Å². The lowest BCUT2D eigenvalue weighted by molar-refractivity contribution is 1.10. The van der Waals surface area contributed by atoms with Crippen molar-refractivity contribution < 1.29 is 0 Å². The minimum Gasteiger partial charge on any atom is -0.0913 e. The summed E-state index contributed by atoms with van der Waals surface area (Å²) in [7, 11) is 0. The number of allylic oxidation sites excluding steroid dienone is 4. The van der Waals surface area contributed by atoms with Crippen LogP contribution in [0.3, 0.4) is 0 Å². The Bertz CT molecular complexity index is 394. The number of hydrogen-bond donors (Lipinski definition) is 0. The second-order valence-corrected chi connectivity index (χ2v) is 3.84. The quantitative estimate of drug-likeness (QED) is 0.610. The maximum atomic E-state index is 2.24. The first-order valence-electron chi connectivity index (χ1n) is 5.21. The van der Waals surface area contributed by atoms with E-state index in [0.717, 1.165) is 12.8 Å². The van der Waals surface area contributed by atoms with Crippen LogP contribution < -0.4 is 0 Å². The molecule has 0 bridgehead atoms. The van der Waals surface area contributed by atoms with Gasteiger partial charge >= 0.3 is 0 Å². The summed E-state index contributed by atoms with van der Waals surface area (Å²) in [6, 6.07) is 8.72. The number of hydrogen-bond acceptors (Lipinski definition) is 0. The molecule has 14 heavy (non-hydrogen) atoms. The molecule has 0 saturated heterocycles. The third-order valence-corrected chi connectivity index (χ3v) is 2.96. The van der Waals surface area contributed by atoms with Gasteiger partial charge in [-0.3, -0.25) is 0 Å². The Morgan fingerprint density at radius 2 is 2.07 bits per heavy atom. The maximum absolute atomic E-state index is 2.24. The summed E-state index contributed by atoms with van der Waals surface area (Å²) in [5.74, 6) is 0. The summed E-state index contributed by atoms with van der Waals surface area (Å²) in [4.78, 5) is 0. The third-order valence-electron chi connectivity index (χ3n) is 2.96. The lowest BCUT2D eigenvalue weighted by atomic mass is 10.1. The van der Waals surface area contributed by atoms with E-state index in [1.807, 2.05) is 0 Å². The van der Waals surface area contributed by atoms with Gasteiger partial charge in [-0.1, -0.05) is 42.0 Å². The predicted octanol–water partition coefficient (Wildman–Crippen LogP) is 3.98. The molecule has 0 heterocycles. The molecule has 0 fully saturated rings. The van der Waals surface area contributed by atoms with Crippen LogP contribution in [0.25, 0.3) is 5.57 Å². The van der Waals surface area contributed by atoms with Crippen LogP contribution in [-0.4, -0.2) is 0 Å². The predicted molar refractivity (Wildman–Crippen MR) is 62.2 cm³/mol. The number of benzene rings is 1. The van der Waals surface area contributed by atoms with Gasteiger partial charge in [-0.2, -0.15) is 0 Å². The van der Waals surface area contributed by atoms with E-state index in [1.165, 1.54) is 16.7 Å². The fourth-order valence-electron chi connectivity index (χ4n) is 2.08. The second-order valence-electron chi connectivity index (χ2n) is 3.84. The van der Waals surface area contributed by atoms with Crippen molar-refractivity contribution in [3.05, 3.63) is 53.1 Å². The van der Waals surface area contributed by atoms with Crippen LogP contribution in [0, 0.1) is 0 Å².